The van der Waals surface area contributed by atoms with Crippen LogP contribution in [0, 0.1) is 11.8 Å². The third kappa shape index (κ3) is 14.4. The zero-order chi connectivity index (χ0) is 15.8. The van der Waals surface area contributed by atoms with Crippen molar-refractivity contribution in [1.82, 2.24) is 0 Å². The van der Waals surface area contributed by atoms with Crippen molar-refractivity contribution in [1.29, 1.82) is 0 Å². The molecule has 0 rings (SSSR count). The van der Waals surface area contributed by atoms with Crippen LogP contribution in [0.25, 0.3) is 0 Å². The predicted octanol–water partition coefficient (Wildman–Crippen LogP) is 7.93. The van der Waals surface area contributed by atoms with Gasteiger partial charge in [-0.1, -0.05) is 110 Å². The van der Waals surface area contributed by atoms with Crippen LogP contribution in [0.5, 0.6) is 0 Å². The summed E-state index contributed by atoms with van der Waals surface area (Å²) in [5, 5.41) is 0. The molecule has 0 fully saturated rings. The fourth-order valence-corrected chi connectivity index (χ4v) is 3.11. The van der Waals surface area contributed by atoms with Gasteiger partial charge in [0.05, 0.1) is 0 Å². The Morgan fingerprint density at radius 1 is 0.619 bits per heavy atom. The highest BCUT2D eigenvalue weighted by Crippen LogP contribution is 2.20. The third-order valence-electron chi connectivity index (χ3n) is 4.64. The van der Waals surface area contributed by atoms with Crippen molar-refractivity contribution >= 4 is 0 Å². The summed E-state index contributed by atoms with van der Waals surface area (Å²) in [6.45, 7) is 9.34. The van der Waals surface area contributed by atoms with E-state index in [2.05, 4.69) is 39.8 Å². The van der Waals surface area contributed by atoms with E-state index in [1.165, 1.54) is 83.5 Å². The first-order valence-corrected chi connectivity index (χ1v) is 9.89. The first kappa shape index (κ1) is 20.7. The molecule has 0 aliphatic heterocycles. The normalized spacial score (nSPS) is 14.7. The first-order chi connectivity index (χ1) is 10.2. The summed E-state index contributed by atoms with van der Waals surface area (Å²) in [6, 6.07) is 0. The molecule has 21 heavy (non-hydrogen) atoms. The number of unbranched alkanes of at least 4 members (excludes halogenated alkanes) is 5. The van der Waals surface area contributed by atoms with Gasteiger partial charge in [-0.05, 0) is 24.7 Å². The van der Waals surface area contributed by atoms with Crippen molar-refractivity contribution in [3.05, 3.63) is 12.2 Å². The van der Waals surface area contributed by atoms with Gasteiger partial charge >= 0.3 is 0 Å². The highest BCUT2D eigenvalue weighted by molar-refractivity contribution is 4.85. The Hall–Kier alpha value is -0.260. The Balaban J connectivity index is 3.66. The minimum absolute atomic E-state index is 0.878. The molecule has 0 amide bonds. The van der Waals surface area contributed by atoms with Crippen LogP contribution in [0.3, 0.4) is 0 Å². The molecular weight excluding hydrogens is 252 g/mol. The maximum atomic E-state index is 2.48. The molecule has 0 nitrogen and oxygen atoms in total. The number of allylic oxidation sites excluding steroid dienone is 2. The summed E-state index contributed by atoms with van der Waals surface area (Å²) in [6.07, 6.45) is 23.0. The number of rotatable bonds is 15. The lowest BCUT2D eigenvalue weighted by Crippen LogP contribution is -1.99. The van der Waals surface area contributed by atoms with Crippen LogP contribution in [0.1, 0.15) is 111 Å². The lowest BCUT2D eigenvalue weighted by molar-refractivity contribution is 0.432. The van der Waals surface area contributed by atoms with Crippen molar-refractivity contribution in [2.24, 2.45) is 11.8 Å². The van der Waals surface area contributed by atoms with Gasteiger partial charge in [-0.2, -0.15) is 0 Å². The van der Waals surface area contributed by atoms with E-state index in [0.717, 1.165) is 11.8 Å². The summed E-state index contributed by atoms with van der Waals surface area (Å²) in [7, 11) is 0. The molecule has 126 valence electrons. The standard InChI is InChI=1S/C21H42/c1-5-8-10-11-12-16-20(4)17-13-14-19-21(15-7-3)18-9-6-2/h13-14,20-21H,5-12,15-19H2,1-4H3. The highest BCUT2D eigenvalue weighted by atomic mass is 14.1. The smallest absolute Gasteiger partial charge is 0.0322 e. The summed E-state index contributed by atoms with van der Waals surface area (Å²) in [5.41, 5.74) is 0. The van der Waals surface area contributed by atoms with E-state index < -0.39 is 0 Å². The molecule has 0 aliphatic rings. The molecule has 0 aromatic heterocycles. The molecule has 0 heterocycles. The summed E-state index contributed by atoms with van der Waals surface area (Å²) in [5.74, 6) is 1.82. The van der Waals surface area contributed by atoms with E-state index in [1.807, 2.05) is 0 Å². The molecule has 0 saturated carbocycles. The topological polar surface area (TPSA) is 0 Å². The Bertz CT molecular complexity index is 216. The van der Waals surface area contributed by atoms with Crippen molar-refractivity contribution < 1.29 is 0 Å². The fraction of sp³-hybridized carbons (Fsp3) is 0.905. The van der Waals surface area contributed by atoms with Gasteiger partial charge in [0.15, 0.2) is 0 Å². The first-order valence-electron chi connectivity index (χ1n) is 9.89. The molecular formula is C21H42. The fourth-order valence-electron chi connectivity index (χ4n) is 3.11. The maximum absolute atomic E-state index is 2.48. The van der Waals surface area contributed by atoms with E-state index in [0.29, 0.717) is 0 Å². The summed E-state index contributed by atoms with van der Waals surface area (Å²) >= 11 is 0. The molecule has 0 aliphatic carbocycles. The molecule has 0 heteroatoms. The molecule has 0 spiro atoms. The van der Waals surface area contributed by atoms with Gasteiger partial charge in [-0.15, -0.1) is 0 Å². The second-order valence-corrected chi connectivity index (χ2v) is 7.05. The van der Waals surface area contributed by atoms with Crippen LogP contribution in [-0.2, 0) is 0 Å². The van der Waals surface area contributed by atoms with Crippen LogP contribution in [0.4, 0.5) is 0 Å². The zero-order valence-corrected chi connectivity index (χ0v) is 15.5. The summed E-state index contributed by atoms with van der Waals surface area (Å²) in [4.78, 5) is 0. The predicted molar refractivity (Wildman–Crippen MR) is 98.8 cm³/mol. The van der Waals surface area contributed by atoms with E-state index in [-0.39, 0.29) is 0 Å². The minimum Gasteiger partial charge on any atom is -0.0883 e. The van der Waals surface area contributed by atoms with E-state index >= 15 is 0 Å². The van der Waals surface area contributed by atoms with Crippen LogP contribution in [0.2, 0.25) is 0 Å². The molecule has 0 bridgehead atoms. The second-order valence-electron chi connectivity index (χ2n) is 7.05. The largest absolute Gasteiger partial charge is 0.0883 e. The SMILES string of the molecule is CCCCCCCC(C)CC=CCC(CCC)CCCC. The van der Waals surface area contributed by atoms with Crippen LogP contribution < -0.4 is 0 Å². The van der Waals surface area contributed by atoms with Crippen molar-refractivity contribution in [3.63, 3.8) is 0 Å². The van der Waals surface area contributed by atoms with Crippen molar-refractivity contribution in [3.8, 4) is 0 Å². The minimum atomic E-state index is 0.878. The van der Waals surface area contributed by atoms with E-state index in [4.69, 9.17) is 0 Å². The van der Waals surface area contributed by atoms with Crippen molar-refractivity contribution in [2.45, 2.75) is 111 Å². The molecule has 2 unspecified atom stereocenters. The molecule has 0 aromatic carbocycles. The van der Waals surface area contributed by atoms with Crippen molar-refractivity contribution in [2.75, 3.05) is 0 Å². The lowest BCUT2D eigenvalue weighted by Gasteiger charge is -2.13. The molecule has 0 saturated heterocycles. The lowest BCUT2D eigenvalue weighted by atomic mass is 9.93. The molecule has 0 aromatic rings. The Labute approximate surface area is 135 Å². The number of hydrogen-bond acceptors (Lipinski definition) is 0. The van der Waals surface area contributed by atoms with Gasteiger partial charge in [0.2, 0.25) is 0 Å². The van der Waals surface area contributed by atoms with Gasteiger partial charge in [-0.25, -0.2) is 0 Å². The van der Waals surface area contributed by atoms with E-state index in [1.54, 1.807) is 0 Å². The average molecular weight is 295 g/mol. The monoisotopic (exact) mass is 294 g/mol. The van der Waals surface area contributed by atoms with Gasteiger partial charge in [0.25, 0.3) is 0 Å². The van der Waals surface area contributed by atoms with Crippen LogP contribution in [0.15, 0.2) is 12.2 Å². The molecule has 2 atom stereocenters. The summed E-state index contributed by atoms with van der Waals surface area (Å²) < 4.78 is 0. The Morgan fingerprint density at radius 2 is 1.29 bits per heavy atom. The molecule has 0 N–H and O–H groups in total. The number of hydrogen-bond donors (Lipinski definition) is 0. The maximum Gasteiger partial charge on any atom is -0.0322 e. The van der Waals surface area contributed by atoms with Crippen LogP contribution in [-0.4, -0.2) is 0 Å². The van der Waals surface area contributed by atoms with E-state index in [9.17, 15) is 0 Å². The van der Waals surface area contributed by atoms with Gasteiger partial charge in [0.1, 0.15) is 0 Å². The quantitative estimate of drug-likeness (QED) is 0.212. The van der Waals surface area contributed by atoms with Crippen LogP contribution >= 0.6 is 0 Å². The second kappa shape index (κ2) is 16.1. The molecule has 0 radical (unpaired) electrons. The Morgan fingerprint density at radius 3 is 1.95 bits per heavy atom. The zero-order valence-electron chi connectivity index (χ0n) is 15.5. The van der Waals surface area contributed by atoms with Gasteiger partial charge in [0, 0.05) is 0 Å². The average Bonchev–Trinajstić information content (AvgIpc) is 2.48. The Kier molecular flexibility index (Phi) is 15.9. The highest BCUT2D eigenvalue weighted by Gasteiger charge is 2.05. The third-order valence-corrected chi connectivity index (χ3v) is 4.64. The van der Waals surface area contributed by atoms with Gasteiger partial charge < -0.3 is 0 Å². The van der Waals surface area contributed by atoms with Gasteiger partial charge in [-0.3, -0.25) is 0 Å².